The van der Waals surface area contributed by atoms with E-state index in [2.05, 4.69) is 15.5 Å². The van der Waals surface area contributed by atoms with Crippen LogP contribution in [0.2, 0.25) is 0 Å². The number of para-hydroxylation sites is 1. The van der Waals surface area contributed by atoms with Crippen LogP contribution in [0.25, 0.3) is 0 Å². The zero-order valence-electron chi connectivity index (χ0n) is 16.2. The SMILES string of the molecule is O=C(Nc1ccccc1)C1CCN(CN2C(=O)NC3(CCCCC3)C2=O)CC1. The fourth-order valence-corrected chi connectivity index (χ4v) is 4.60. The first-order valence-electron chi connectivity index (χ1n) is 10.3. The number of urea groups is 1. The molecule has 3 aliphatic rings. The number of likely N-dealkylation sites (tertiary alicyclic amines) is 1. The first-order valence-corrected chi connectivity index (χ1v) is 10.3. The van der Waals surface area contributed by atoms with E-state index in [9.17, 15) is 14.4 Å². The molecule has 28 heavy (non-hydrogen) atoms. The average Bonchev–Trinajstić information content (AvgIpc) is 2.94. The Balaban J connectivity index is 1.29. The molecule has 7 heteroatoms. The number of anilines is 1. The molecule has 0 atom stereocenters. The van der Waals surface area contributed by atoms with E-state index in [1.165, 1.54) is 4.90 Å². The number of carbonyl (C=O) groups is 3. The number of hydrogen-bond donors (Lipinski definition) is 2. The van der Waals surface area contributed by atoms with Gasteiger partial charge in [0.2, 0.25) is 5.91 Å². The topological polar surface area (TPSA) is 81.8 Å². The molecule has 1 aliphatic carbocycles. The van der Waals surface area contributed by atoms with E-state index in [4.69, 9.17) is 0 Å². The van der Waals surface area contributed by atoms with Crippen molar-refractivity contribution in [3.63, 3.8) is 0 Å². The summed E-state index contributed by atoms with van der Waals surface area (Å²) in [6.45, 7) is 1.73. The second-order valence-corrected chi connectivity index (χ2v) is 8.20. The van der Waals surface area contributed by atoms with Crippen molar-refractivity contribution in [2.75, 3.05) is 25.1 Å². The smallest absolute Gasteiger partial charge is 0.326 e. The van der Waals surface area contributed by atoms with Gasteiger partial charge >= 0.3 is 6.03 Å². The maximum atomic E-state index is 12.9. The lowest BCUT2D eigenvalue weighted by atomic mass is 9.82. The second kappa shape index (κ2) is 7.91. The number of imide groups is 1. The standard InChI is InChI=1S/C21H28N4O3/c26-18(22-17-7-3-1-4-8-17)16-9-13-24(14-10-16)15-25-19(27)21(23-20(25)28)11-5-2-6-12-21/h1,3-4,7-8,16H,2,5-6,9-15H2,(H,22,26)(H,23,28). The summed E-state index contributed by atoms with van der Waals surface area (Å²) in [6.07, 6.45) is 6.06. The molecule has 2 N–H and O–H groups in total. The number of amides is 4. The van der Waals surface area contributed by atoms with Gasteiger partial charge in [0.15, 0.2) is 0 Å². The van der Waals surface area contributed by atoms with Crippen LogP contribution in [-0.2, 0) is 9.59 Å². The van der Waals surface area contributed by atoms with E-state index in [0.29, 0.717) is 19.8 Å². The summed E-state index contributed by atoms with van der Waals surface area (Å²) in [6, 6.07) is 9.21. The van der Waals surface area contributed by atoms with Crippen molar-refractivity contribution in [2.24, 2.45) is 5.92 Å². The summed E-state index contributed by atoms with van der Waals surface area (Å²) < 4.78 is 0. The van der Waals surface area contributed by atoms with Crippen molar-refractivity contribution in [2.45, 2.75) is 50.5 Å². The molecule has 1 spiro atoms. The maximum Gasteiger partial charge on any atom is 0.326 e. The van der Waals surface area contributed by atoms with Gasteiger partial charge < -0.3 is 10.6 Å². The number of nitrogens with zero attached hydrogens (tertiary/aromatic N) is 2. The van der Waals surface area contributed by atoms with Gasteiger partial charge in [0.05, 0.1) is 6.67 Å². The first kappa shape index (κ1) is 18.9. The van der Waals surface area contributed by atoms with Gasteiger partial charge in [-0.1, -0.05) is 37.5 Å². The Hall–Kier alpha value is -2.41. The molecule has 2 heterocycles. The molecule has 0 radical (unpaired) electrons. The Morgan fingerprint density at radius 2 is 1.75 bits per heavy atom. The van der Waals surface area contributed by atoms with Crippen LogP contribution in [0.1, 0.15) is 44.9 Å². The molecule has 1 aromatic carbocycles. The highest BCUT2D eigenvalue weighted by atomic mass is 16.2. The number of hydrogen-bond acceptors (Lipinski definition) is 4. The van der Waals surface area contributed by atoms with Crippen LogP contribution >= 0.6 is 0 Å². The summed E-state index contributed by atoms with van der Waals surface area (Å²) >= 11 is 0. The van der Waals surface area contributed by atoms with E-state index in [1.54, 1.807) is 0 Å². The normalized spacial score (nSPS) is 23.1. The summed E-state index contributed by atoms with van der Waals surface area (Å²) in [5, 5.41) is 5.93. The second-order valence-electron chi connectivity index (χ2n) is 8.20. The highest BCUT2D eigenvalue weighted by Gasteiger charge is 2.51. The minimum atomic E-state index is -0.663. The van der Waals surface area contributed by atoms with Crippen LogP contribution < -0.4 is 10.6 Å². The highest BCUT2D eigenvalue weighted by molar-refractivity contribution is 6.07. The molecule has 7 nitrogen and oxygen atoms in total. The lowest BCUT2D eigenvalue weighted by molar-refractivity contribution is -0.134. The number of carbonyl (C=O) groups excluding carboxylic acids is 3. The Bertz CT molecular complexity index is 737. The van der Waals surface area contributed by atoms with E-state index in [1.807, 2.05) is 30.3 Å². The molecule has 2 aliphatic heterocycles. The fourth-order valence-electron chi connectivity index (χ4n) is 4.60. The van der Waals surface area contributed by atoms with Crippen LogP contribution in [0.15, 0.2) is 30.3 Å². The third-order valence-corrected chi connectivity index (χ3v) is 6.29. The van der Waals surface area contributed by atoms with Crippen LogP contribution in [0.5, 0.6) is 0 Å². The Morgan fingerprint density at radius 1 is 1.07 bits per heavy atom. The zero-order chi connectivity index (χ0) is 19.6. The summed E-state index contributed by atoms with van der Waals surface area (Å²) in [7, 11) is 0. The summed E-state index contributed by atoms with van der Waals surface area (Å²) in [5.41, 5.74) is 0.149. The third-order valence-electron chi connectivity index (χ3n) is 6.29. The van der Waals surface area contributed by atoms with Crippen molar-refractivity contribution in [1.82, 2.24) is 15.1 Å². The van der Waals surface area contributed by atoms with Gasteiger partial charge in [-0.05, 0) is 37.8 Å². The highest BCUT2D eigenvalue weighted by Crippen LogP contribution is 2.34. The van der Waals surface area contributed by atoms with Crippen LogP contribution in [-0.4, -0.2) is 52.9 Å². The molecule has 4 amide bonds. The fraction of sp³-hybridized carbons (Fsp3) is 0.571. The number of rotatable bonds is 4. The molecule has 2 saturated heterocycles. The van der Waals surface area contributed by atoms with Crippen molar-refractivity contribution < 1.29 is 14.4 Å². The Labute approximate surface area is 165 Å². The van der Waals surface area contributed by atoms with Crippen molar-refractivity contribution in [1.29, 1.82) is 0 Å². The Kier molecular flexibility index (Phi) is 5.35. The lowest BCUT2D eigenvalue weighted by Crippen LogP contribution is -2.50. The van der Waals surface area contributed by atoms with E-state index < -0.39 is 5.54 Å². The average molecular weight is 384 g/mol. The van der Waals surface area contributed by atoms with E-state index >= 15 is 0 Å². The van der Waals surface area contributed by atoms with E-state index in [-0.39, 0.29) is 23.8 Å². The predicted molar refractivity (Wildman–Crippen MR) is 105 cm³/mol. The number of piperidine rings is 1. The Morgan fingerprint density at radius 3 is 2.43 bits per heavy atom. The number of nitrogens with one attached hydrogen (secondary N) is 2. The number of benzene rings is 1. The predicted octanol–water partition coefficient (Wildman–Crippen LogP) is 2.55. The molecular weight excluding hydrogens is 356 g/mol. The van der Waals surface area contributed by atoms with Gasteiger partial charge in [-0.2, -0.15) is 0 Å². The monoisotopic (exact) mass is 384 g/mol. The van der Waals surface area contributed by atoms with Crippen molar-refractivity contribution in [3.05, 3.63) is 30.3 Å². The summed E-state index contributed by atoms with van der Waals surface area (Å²) in [4.78, 5) is 41.2. The molecule has 1 aromatic rings. The van der Waals surface area contributed by atoms with Gasteiger partial charge in [-0.15, -0.1) is 0 Å². The zero-order valence-corrected chi connectivity index (χ0v) is 16.2. The molecular formula is C21H28N4O3. The lowest BCUT2D eigenvalue weighted by Gasteiger charge is -2.34. The van der Waals surface area contributed by atoms with Gasteiger partial charge in [0.25, 0.3) is 5.91 Å². The van der Waals surface area contributed by atoms with E-state index in [0.717, 1.165) is 50.6 Å². The van der Waals surface area contributed by atoms with Gasteiger partial charge in [-0.3, -0.25) is 14.5 Å². The molecule has 0 unspecified atom stereocenters. The van der Waals surface area contributed by atoms with Crippen LogP contribution in [0.3, 0.4) is 0 Å². The summed E-state index contributed by atoms with van der Waals surface area (Å²) in [5.74, 6) is -0.0626. The molecule has 0 aromatic heterocycles. The molecule has 0 bridgehead atoms. The minimum Gasteiger partial charge on any atom is -0.326 e. The molecule has 1 saturated carbocycles. The van der Waals surface area contributed by atoms with Crippen molar-refractivity contribution >= 4 is 23.5 Å². The minimum absolute atomic E-state index is 0.0377. The maximum absolute atomic E-state index is 12.9. The van der Waals surface area contributed by atoms with Crippen molar-refractivity contribution in [3.8, 4) is 0 Å². The van der Waals surface area contributed by atoms with Crippen LogP contribution in [0, 0.1) is 5.92 Å². The van der Waals surface area contributed by atoms with Gasteiger partial charge in [0, 0.05) is 24.7 Å². The first-order chi connectivity index (χ1) is 13.6. The third kappa shape index (κ3) is 3.76. The van der Waals surface area contributed by atoms with Gasteiger partial charge in [-0.25, -0.2) is 9.69 Å². The molecule has 3 fully saturated rings. The van der Waals surface area contributed by atoms with Gasteiger partial charge in [0.1, 0.15) is 5.54 Å². The quantitative estimate of drug-likeness (QED) is 0.782. The molecule has 4 rings (SSSR count). The van der Waals surface area contributed by atoms with Crippen LogP contribution in [0.4, 0.5) is 10.5 Å². The molecule has 150 valence electrons. The largest absolute Gasteiger partial charge is 0.326 e.